The average molecular weight is 401 g/mol. The van der Waals surface area contributed by atoms with Gasteiger partial charge in [0.2, 0.25) is 11.8 Å². The number of halogens is 2. The second kappa shape index (κ2) is 11.3. The average Bonchev–Trinajstić information content (AvgIpc) is 2.62. The van der Waals surface area contributed by atoms with Crippen LogP contribution >= 0.6 is 23.2 Å². The first-order chi connectivity index (χ1) is 12.5. The minimum Gasteiger partial charge on any atom is -0.492 e. The Morgan fingerprint density at radius 3 is 2.58 bits per heavy atom. The second-order valence-electron chi connectivity index (χ2n) is 6.61. The largest absolute Gasteiger partial charge is 0.492 e. The third kappa shape index (κ3) is 7.83. The highest BCUT2D eigenvalue weighted by atomic mass is 35.5. The van der Waals surface area contributed by atoms with E-state index in [9.17, 15) is 9.59 Å². The van der Waals surface area contributed by atoms with Crippen molar-refractivity contribution in [1.82, 2.24) is 10.6 Å². The van der Waals surface area contributed by atoms with Gasteiger partial charge >= 0.3 is 0 Å². The molecule has 5 nitrogen and oxygen atoms in total. The second-order valence-corrected chi connectivity index (χ2v) is 7.46. The van der Waals surface area contributed by atoms with Crippen LogP contribution in [0, 0.1) is 5.92 Å². The summed E-state index contributed by atoms with van der Waals surface area (Å²) in [5.74, 6) is 0.820. The van der Waals surface area contributed by atoms with Crippen LogP contribution in [0.3, 0.4) is 0 Å². The molecule has 0 unspecified atom stereocenters. The van der Waals surface area contributed by atoms with Gasteiger partial charge in [-0.1, -0.05) is 42.5 Å². The number of ether oxygens (including phenoxy) is 1. The number of amides is 2. The Labute approximate surface area is 164 Å². The topological polar surface area (TPSA) is 67.4 Å². The van der Waals surface area contributed by atoms with Gasteiger partial charge < -0.3 is 15.4 Å². The van der Waals surface area contributed by atoms with Crippen molar-refractivity contribution in [2.75, 3.05) is 19.7 Å². The van der Waals surface area contributed by atoms with E-state index in [1.807, 2.05) is 0 Å². The fourth-order valence-electron chi connectivity index (χ4n) is 3.04. The number of nitrogens with one attached hydrogen (secondary N) is 2. The van der Waals surface area contributed by atoms with Crippen LogP contribution in [-0.2, 0) is 9.59 Å². The molecule has 0 aliphatic heterocycles. The summed E-state index contributed by atoms with van der Waals surface area (Å²) in [6, 6.07) is 5.04. The molecule has 26 heavy (non-hydrogen) atoms. The summed E-state index contributed by atoms with van der Waals surface area (Å²) in [5.41, 5.74) is 0. The molecule has 0 spiro atoms. The third-order valence-corrected chi connectivity index (χ3v) is 4.97. The van der Waals surface area contributed by atoms with Crippen LogP contribution in [-0.4, -0.2) is 31.5 Å². The van der Waals surface area contributed by atoms with E-state index < -0.39 is 0 Å². The van der Waals surface area contributed by atoms with Crippen molar-refractivity contribution in [3.05, 3.63) is 28.2 Å². The fraction of sp³-hybridized carbons (Fsp3) is 0.579. The molecule has 7 heteroatoms. The summed E-state index contributed by atoms with van der Waals surface area (Å²) < 4.78 is 5.54. The Morgan fingerprint density at radius 2 is 1.85 bits per heavy atom. The van der Waals surface area contributed by atoms with Gasteiger partial charge in [-0.05, 0) is 43.4 Å². The molecule has 1 saturated carbocycles. The normalized spacial score (nSPS) is 14.7. The minimum atomic E-state index is -0.188. The molecule has 0 aromatic heterocycles. The fourth-order valence-corrected chi connectivity index (χ4v) is 3.50. The number of carbonyl (C=O) groups excluding carboxylic acids is 2. The zero-order valence-electron chi connectivity index (χ0n) is 14.9. The van der Waals surface area contributed by atoms with Crippen molar-refractivity contribution in [2.24, 2.45) is 5.92 Å². The van der Waals surface area contributed by atoms with E-state index in [4.69, 9.17) is 27.9 Å². The zero-order chi connectivity index (χ0) is 18.8. The summed E-state index contributed by atoms with van der Waals surface area (Å²) in [6.07, 6.45) is 7.11. The predicted octanol–water partition coefficient (Wildman–Crippen LogP) is 3.97. The monoisotopic (exact) mass is 400 g/mol. The molecule has 2 N–H and O–H groups in total. The highest BCUT2D eigenvalue weighted by molar-refractivity contribution is 6.35. The van der Waals surface area contributed by atoms with E-state index in [1.165, 1.54) is 19.3 Å². The Kier molecular flexibility index (Phi) is 9.06. The Balaban J connectivity index is 1.52. The van der Waals surface area contributed by atoms with Gasteiger partial charge in [0.1, 0.15) is 5.75 Å². The molecule has 0 atom stereocenters. The molecule has 0 radical (unpaired) electrons. The van der Waals surface area contributed by atoms with Gasteiger partial charge in [-0.3, -0.25) is 9.59 Å². The van der Waals surface area contributed by atoms with Crippen LogP contribution in [0.15, 0.2) is 18.2 Å². The lowest BCUT2D eigenvalue weighted by molar-refractivity contribution is -0.126. The molecule has 1 aromatic rings. The lowest BCUT2D eigenvalue weighted by atomic mass is 9.87. The molecule has 1 aliphatic rings. The highest BCUT2D eigenvalue weighted by Gasteiger charge is 2.17. The van der Waals surface area contributed by atoms with Crippen molar-refractivity contribution < 1.29 is 14.3 Å². The zero-order valence-corrected chi connectivity index (χ0v) is 16.4. The van der Waals surface area contributed by atoms with Crippen molar-refractivity contribution >= 4 is 35.0 Å². The number of carbonyl (C=O) groups is 2. The maximum absolute atomic E-state index is 11.9. The summed E-state index contributed by atoms with van der Waals surface area (Å²) in [4.78, 5) is 23.6. The molecule has 0 saturated heterocycles. The maximum atomic E-state index is 11.9. The van der Waals surface area contributed by atoms with Crippen LogP contribution in [0.2, 0.25) is 10.0 Å². The SMILES string of the molecule is O=C(CNC(=O)CC1CCCCC1)NCCCOc1ccc(Cl)cc1Cl. The van der Waals surface area contributed by atoms with Gasteiger partial charge in [0.25, 0.3) is 0 Å². The van der Waals surface area contributed by atoms with Crippen LogP contribution in [0.5, 0.6) is 5.75 Å². The van der Waals surface area contributed by atoms with Gasteiger partial charge in [0.05, 0.1) is 18.2 Å². The van der Waals surface area contributed by atoms with Crippen molar-refractivity contribution in [3.63, 3.8) is 0 Å². The smallest absolute Gasteiger partial charge is 0.239 e. The number of hydrogen-bond donors (Lipinski definition) is 2. The lowest BCUT2D eigenvalue weighted by Gasteiger charge is -2.20. The number of benzene rings is 1. The Bertz CT molecular complexity index is 604. The molecule has 1 aromatic carbocycles. The van der Waals surface area contributed by atoms with Gasteiger partial charge in [-0.15, -0.1) is 0 Å². The van der Waals surface area contributed by atoms with Crippen molar-refractivity contribution in [2.45, 2.75) is 44.9 Å². The van der Waals surface area contributed by atoms with E-state index in [2.05, 4.69) is 10.6 Å². The van der Waals surface area contributed by atoms with Crippen LogP contribution in [0.25, 0.3) is 0 Å². The molecule has 0 heterocycles. The van der Waals surface area contributed by atoms with E-state index in [-0.39, 0.29) is 18.4 Å². The van der Waals surface area contributed by atoms with E-state index in [1.54, 1.807) is 18.2 Å². The van der Waals surface area contributed by atoms with Crippen LogP contribution < -0.4 is 15.4 Å². The Hall–Kier alpha value is -1.46. The quantitative estimate of drug-likeness (QED) is 0.616. The third-order valence-electron chi connectivity index (χ3n) is 4.44. The van der Waals surface area contributed by atoms with Gasteiger partial charge in [0, 0.05) is 18.0 Å². The molecule has 144 valence electrons. The summed E-state index contributed by atoms with van der Waals surface area (Å²) in [5, 5.41) is 6.48. The van der Waals surface area contributed by atoms with Gasteiger partial charge in [0.15, 0.2) is 0 Å². The molecule has 1 fully saturated rings. The first-order valence-electron chi connectivity index (χ1n) is 9.16. The van der Waals surface area contributed by atoms with E-state index in [0.717, 1.165) is 12.8 Å². The standard InChI is InChI=1S/C19H26Cl2N2O3/c20-15-7-8-17(16(21)12-15)26-10-4-9-22-19(25)13-23-18(24)11-14-5-2-1-3-6-14/h7-8,12,14H,1-6,9-11,13H2,(H,22,25)(H,23,24). The van der Waals surface area contributed by atoms with Crippen LogP contribution in [0.4, 0.5) is 0 Å². The summed E-state index contributed by atoms with van der Waals surface area (Å²) in [6.45, 7) is 0.924. The molecule has 2 amide bonds. The lowest BCUT2D eigenvalue weighted by Crippen LogP contribution is -2.38. The molecule has 2 rings (SSSR count). The Morgan fingerprint density at radius 1 is 1.08 bits per heavy atom. The summed E-state index contributed by atoms with van der Waals surface area (Å²) >= 11 is 11.8. The van der Waals surface area contributed by atoms with Crippen LogP contribution in [0.1, 0.15) is 44.9 Å². The van der Waals surface area contributed by atoms with Crippen molar-refractivity contribution in [3.8, 4) is 5.75 Å². The molecular weight excluding hydrogens is 375 g/mol. The molecule has 1 aliphatic carbocycles. The van der Waals surface area contributed by atoms with Gasteiger partial charge in [-0.25, -0.2) is 0 Å². The molecule has 0 bridgehead atoms. The van der Waals surface area contributed by atoms with E-state index >= 15 is 0 Å². The number of hydrogen-bond acceptors (Lipinski definition) is 3. The maximum Gasteiger partial charge on any atom is 0.239 e. The van der Waals surface area contributed by atoms with Gasteiger partial charge in [-0.2, -0.15) is 0 Å². The molecular formula is C19H26Cl2N2O3. The predicted molar refractivity (Wildman–Crippen MR) is 104 cm³/mol. The van der Waals surface area contributed by atoms with E-state index in [0.29, 0.717) is 47.7 Å². The summed E-state index contributed by atoms with van der Waals surface area (Å²) in [7, 11) is 0. The number of rotatable bonds is 9. The van der Waals surface area contributed by atoms with Crippen molar-refractivity contribution in [1.29, 1.82) is 0 Å². The first-order valence-corrected chi connectivity index (χ1v) is 9.91. The highest BCUT2D eigenvalue weighted by Crippen LogP contribution is 2.27. The minimum absolute atomic E-state index is 0.0232. The first kappa shape index (κ1) is 20.8.